The molecule has 1 aliphatic rings. The van der Waals surface area contributed by atoms with Gasteiger partial charge in [-0.1, -0.05) is 6.92 Å². The maximum Gasteiger partial charge on any atom is 0.254 e. The number of hydrogen-bond acceptors (Lipinski definition) is 6. The van der Waals surface area contributed by atoms with Crippen LogP contribution in [0.2, 0.25) is 0 Å². The second kappa shape index (κ2) is 6.46. The summed E-state index contributed by atoms with van der Waals surface area (Å²) in [5.41, 5.74) is 3.14. The van der Waals surface area contributed by atoms with E-state index in [1.54, 1.807) is 18.5 Å². The normalized spacial score (nSPS) is 14.9. The van der Waals surface area contributed by atoms with E-state index in [1.165, 1.54) is 0 Å². The average molecular weight is 337 g/mol. The molecule has 3 heterocycles. The third-order valence-electron chi connectivity index (χ3n) is 4.53. The summed E-state index contributed by atoms with van der Waals surface area (Å²) >= 11 is 0. The monoisotopic (exact) mass is 337 g/mol. The number of hydrogen-bond donors (Lipinski definition) is 1. The second-order valence-electron chi connectivity index (χ2n) is 6.03. The summed E-state index contributed by atoms with van der Waals surface area (Å²) in [5.74, 6) is 0.962. The predicted octanol–water partition coefficient (Wildman–Crippen LogP) is 1.27. The summed E-state index contributed by atoms with van der Waals surface area (Å²) in [7, 11) is 0. The highest BCUT2D eigenvalue weighted by molar-refractivity contribution is 5.97. The van der Waals surface area contributed by atoms with E-state index in [-0.39, 0.29) is 5.91 Å². The standard InChI is InChI=1S/C17H19N7O/c1-2-13-10-16(19-11-18-13)23-5-7-24(8-6-23)17(25)12-3-4-14-15(9-12)21-22-20-14/h3-4,9-11H,2,5-8H2,1H3,(H,20,21,22). The maximum absolute atomic E-state index is 12.7. The van der Waals surface area contributed by atoms with Crippen LogP contribution in [0.15, 0.2) is 30.6 Å². The minimum absolute atomic E-state index is 0.0292. The van der Waals surface area contributed by atoms with Crippen LogP contribution in [0.4, 0.5) is 5.82 Å². The molecule has 0 bridgehead atoms. The molecule has 0 unspecified atom stereocenters. The molecule has 0 saturated carbocycles. The Morgan fingerprint density at radius 1 is 1.08 bits per heavy atom. The maximum atomic E-state index is 12.7. The third kappa shape index (κ3) is 3.02. The SMILES string of the molecule is CCc1cc(N2CCN(C(=O)c3ccc4n[nH]nc4c3)CC2)ncn1. The van der Waals surface area contributed by atoms with Crippen LogP contribution in [0.5, 0.6) is 0 Å². The van der Waals surface area contributed by atoms with Gasteiger partial charge < -0.3 is 9.80 Å². The lowest BCUT2D eigenvalue weighted by molar-refractivity contribution is 0.0746. The summed E-state index contributed by atoms with van der Waals surface area (Å²) in [6, 6.07) is 7.43. The van der Waals surface area contributed by atoms with Crippen LogP contribution in [0.1, 0.15) is 23.0 Å². The lowest BCUT2D eigenvalue weighted by atomic mass is 10.1. The summed E-state index contributed by atoms with van der Waals surface area (Å²) in [6.45, 7) is 4.94. The molecule has 1 amide bonds. The van der Waals surface area contributed by atoms with Gasteiger partial charge in [0.1, 0.15) is 23.2 Å². The Morgan fingerprint density at radius 2 is 1.88 bits per heavy atom. The number of anilines is 1. The van der Waals surface area contributed by atoms with Crippen molar-refractivity contribution in [2.45, 2.75) is 13.3 Å². The minimum atomic E-state index is 0.0292. The van der Waals surface area contributed by atoms with Gasteiger partial charge in [0.2, 0.25) is 0 Å². The zero-order chi connectivity index (χ0) is 17.2. The molecule has 4 rings (SSSR count). The molecule has 128 valence electrons. The molecular formula is C17H19N7O. The molecule has 0 aliphatic carbocycles. The molecule has 1 saturated heterocycles. The van der Waals surface area contributed by atoms with Crippen LogP contribution < -0.4 is 4.90 Å². The van der Waals surface area contributed by atoms with Crippen molar-refractivity contribution in [1.82, 2.24) is 30.3 Å². The van der Waals surface area contributed by atoms with E-state index in [0.717, 1.165) is 36.5 Å². The average Bonchev–Trinajstić information content (AvgIpc) is 3.15. The van der Waals surface area contributed by atoms with Crippen molar-refractivity contribution >= 4 is 22.8 Å². The van der Waals surface area contributed by atoms with Crippen molar-refractivity contribution in [2.75, 3.05) is 31.1 Å². The lowest BCUT2D eigenvalue weighted by Gasteiger charge is -2.35. The molecular weight excluding hydrogens is 318 g/mol. The summed E-state index contributed by atoms with van der Waals surface area (Å²) in [6.07, 6.45) is 2.50. The Kier molecular flexibility index (Phi) is 4.01. The van der Waals surface area contributed by atoms with Crippen LogP contribution >= 0.6 is 0 Å². The van der Waals surface area contributed by atoms with Crippen molar-refractivity contribution in [1.29, 1.82) is 0 Å². The molecule has 1 aliphatic heterocycles. The molecule has 25 heavy (non-hydrogen) atoms. The van der Waals surface area contributed by atoms with Gasteiger partial charge in [0.05, 0.1) is 0 Å². The number of aromatic nitrogens is 5. The van der Waals surface area contributed by atoms with E-state index in [2.05, 4.69) is 37.2 Å². The van der Waals surface area contributed by atoms with Gasteiger partial charge in [0, 0.05) is 43.5 Å². The number of aryl methyl sites for hydroxylation is 1. The number of aromatic amines is 1. The van der Waals surface area contributed by atoms with Gasteiger partial charge in [0.25, 0.3) is 5.91 Å². The molecule has 0 radical (unpaired) electrons. The number of carbonyl (C=O) groups excluding carboxylic acids is 1. The fourth-order valence-corrected chi connectivity index (χ4v) is 3.05. The zero-order valence-electron chi connectivity index (χ0n) is 14.0. The quantitative estimate of drug-likeness (QED) is 0.774. The van der Waals surface area contributed by atoms with Crippen molar-refractivity contribution in [3.8, 4) is 0 Å². The molecule has 2 aromatic heterocycles. The highest BCUT2D eigenvalue weighted by Crippen LogP contribution is 2.17. The van der Waals surface area contributed by atoms with Crippen LogP contribution in [0.25, 0.3) is 11.0 Å². The van der Waals surface area contributed by atoms with Gasteiger partial charge >= 0.3 is 0 Å². The molecule has 0 spiro atoms. The van der Waals surface area contributed by atoms with Crippen LogP contribution in [0.3, 0.4) is 0 Å². The Morgan fingerprint density at radius 3 is 2.68 bits per heavy atom. The smallest absolute Gasteiger partial charge is 0.254 e. The number of nitrogens with one attached hydrogen (secondary N) is 1. The molecule has 3 aromatic rings. The van der Waals surface area contributed by atoms with Crippen LogP contribution in [0, 0.1) is 0 Å². The van der Waals surface area contributed by atoms with E-state index in [9.17, 15) is 4.79 Å². The number of rotatable bonds is 3. The number of nitrogens with zero attached hydrogens (tertiary/aromatic N) is 6. The fourth-order valence-electron chi connectivity index (χ4n) is 3.05. The first-order chi connectivity index (χ1) is 12.2. The number of benzene rings is 1. The summed E-state index contributed by atoms with van der Waals surface area (Å²) in [5, 5.41) is 10.6. The Hall–Kier alpha value is -3.03. The first-order valence-corrected chi connectivity index (χ1v) is 8.40. The van der Waals surface area contributed by atoms with Crippen molar-refractivity contribution < 1.29 is 4.79 Å². The summed E-state index contributed by atoms with van der Waals surface area (Å²) < 4.78 is 0. The van der Waals surface area contributed by atoms with E-state index in [4.69, 9.17) is 0 Å². The lowest BCUT2D eigenvalue weighted by Crippen LogP contribution is -2.49. The van der Waals surface area contributed by atoms with Gasteiger partial charge in [-0.05, 0) is 24.6 Å². The predicted molar refractivity (Wildman–Crippen MR) is 93.4 cm³/mol. The van der Waals surface area contributed by atoms with Crippen LogP contribution in [-0.4, -0.2) is 62.4 Å². The summed E-state index contributed by atoms with van der Waals surface area (Å²) in [4.78, 5) is 25.4. The molecule has 8 nitrogen and oxygen atoms in total. The fraction of sp³-hybridized carbons (Fsp3) is 0.353. The first-order valence-electron chi connectivity index (χ1n) is 8.40. The zero-order valence-corrected chi connectivity index (χ0v) is 14.0. The van der Waals surface area contributed by atoms with Crippen molar-refractivity contribution in [2.24, 2.45) is 0 Å². The topological polar surface area (TPSA) is 90.9 Å². The molecule has 0 atom stereocenters. The number of H-pyrrole nitrogens is 1. The van der Waals surface area contributed by atoms with E-state index >= 15 is 0 Å². The Labute approximate surface area is 144 Å². The van der Waals surface area contributed by atoms with E-state index in [1.807, 2.05) is 17.0 Å². The second-order valence-corrected chi connectivity index (χ2v) is 6.03. The molecule has 8 heteroatoms. The highest BCUT2D eigenvalue weighted by atomic mass is 16.2. The van der Waals surface area contributed by atoms with Gasteiger partial charge in [-0.15, -0.1) is 0 Å². The number of amides is 1. The molecule has 1 N–H and O–H groups in total. The first kappa shape index (κ1) is 15.5. The van der Waals surface area contributed by atoms with Gasteiger partial charge in [-0.25, -0.2) is 9.97 Å². The Balaban J connectivity index is 1.44. The number of carbonyl (C=O) groups is 1. The van der Waals surface area contributed by atoms with Crippen molar-refractivity contribution in [3.05, 3.63) is 41.9 Å². The Bertz CT molecular complexity index is 899. The molecule has 1 aromatic carbocycles. The van der Waals surface area contributed by atoms with Crippen LogP contribution in [-0.2, 0) is 6.42 Å². The largest absolute Gasteiger partial charge is 0.353 e. The van der Waals surface area contributed by atoms with Gasteiger partial charge in [-0.2, -0.15) is 15.4 Å². The van der Waals surface area contributed by atoms with Crippen molar-refractivity contribution in [3.63, 3.8) is 0 Å². The third-order valence-corrected chi connectivity index (χ3v) is 4.53. The van der Waals surface area contributed by atoms with E-state index in [0.29, 0.717) is 24.2 Å². The highest BCUT2D eigenvalue weighted by Gasteiger charge is 2.23. The van der Waals surface area contributed by atoms with E-state index < -0.39 is 0 Å². The number of piperazine rings is 1. The van der Waals surface area contributed by atoms with Gasteiger partial charge in [-0.3, -0.25) is 4.79 Å². The van der Waals surface area contributed by atoms with Gasteiger partial charge in [0.15, 0.2) is 0 Å². The molecule has 1 fully saturated rings. The minimum Gasteiger partial charge on any atom is -0.353 e. The number of fused-ring (bicyclic) bond motifs is 1.